The Labute approximate surface area is 185 Å². The van der Waals surface area contributed by atoms with Crippen molar-refractivity contribution in [2.75, 3.05) is 0 Å². The summed E-state index contributed by atoms with van der Waals surface area (Å²) >= 11 is 0. The number of carbonyl (C=O) groups excluding carboxylic acids is 4. The van der Waals surface area contributed by atoms with Crippen molar-refractivity contribution in [3.05, 3.63) is 0 Å². The predicted octanol–water partition coefficient (Wildman–Crippen LogP) is 4.33. The Bertz CT molecular complexity index is 768. The van der Waals surface area contributed by atoms with Gasteiger partial charge in [-0.2, -0.15) is 0 Å². The standard InChI is InChI=1S/C25H37NO5/c1-14-9-10-18-19(26(14)24(30)31-25(2,3)4)11-15(12-20(18)27)23-17-8-6-5-7-16(17)21(28)13-22(23)29/h14-19,23H,5-13H2,1-4H3/t14-,15+,16+,17+,18+,19+,23-/m0/s1. The molecule has 0 aromatic rings. The maximum absolute atomic E-state index is 13.2. The lowest BCUT2D eigenvalue weighted by Gasteiger charge is -2.51. The highest BCUT2D eigenvalue weighted by Crippen LogP contribution is 2.49. The summed E-state index contributed by atoms with van der Waals surface area (Å²) in [5.41, 5.74) is -0.600. The van der Waals surface area contributed by atoms with Gasteiger partial charge in [-0.1, -0.05) is 12.8 Å². The van der Waals surface area contributed by atoms with Crippen molar-refractivity contribution < 1.29 is 23.9 Å². The predicted molar refractivity (Wildman–Crippen MR) is 115 cm³/mol. The van der Waals surface area contributed by atoms with Crippen LogP contribution in [0.15, 0.2) is 0 Å². The summed E-state index contributed by atoms with van der Waals surface area (Å²) in [6.07, 6.45) is 6.19. The maximum Gasteiger partial charge on any atom is 0.410 e. The van der Waals surface area contributed by atoms with Crippen molar-refractivity contribution in [2.24, 2.45) is 29.6 Å². The molecule has 6 heteroatoms. The second-order valence-electron chi connectivity index (χ2n) is 11.3. The van der Waals surface area contributed by atoms with E-state index < -0.39 is 5.60 Å². The number of amides is 1. The minimum Gasteiger partial charge on any atom is -0.444 e. The molecule has 0 aromatic heterocycles. The second kappa shape index (κ2) is 8.32. The van der Waals surface area contributed by atoms with E-state index in [4.69, 9.17) is 4.74 Å². The fourth-order valence-corrected chi connectivity index (χ4v) is 6.89. The molecule has 1 heterocycles. The largest absolute Gasteiger partial charge is 0.444 e. The van der Waals surface area contributed by atoms with Gasteiger partial charge in [-0.3, -0.25) is 14.4 Å². The van der Waals surface area contributed by atoms with Gasteiger partial charge in [0.25, 0.3) is 0 Å². The lowest BCUT2D eigenvalue weighted by atomic mass is 9.57. The lowest BCUT2D eigenvalue weighted by Crippen LogP contribution is -2.59. The van der Waals surface area contributed by atoms with Crippen LogP contribution in [0.25, 0.3) is 0 Å². The first-order valence-corrected chi connectivity index (χ1v) is 12.2. The molecule has 31 heavy (non-hydrogen) atoms. The fourth-order valence-electron chi connectivity index (χ4n) is 6.89. The molecule has 3 aliphatic carbocycles. The molecule has 0 unspecified atom stereocenters. The molecule has 0 bridgehead atoms. The topological polar surface area (TPSA) is 80.8 Å². The van der Waals surface area contributed by atoms with Crippen LogP contribution in [0.1, 0.15) is 85.5 Å². The molecule has 1 saturated heterocycles. The van der Waals surface area contributed by atoms with Crippen molar-refractivity contribution in [2.45, 2.75) is 103 Å². The summed E-state index contributed by atoms with van der Waals surface area (Å²) in [5.74, 6) is -0.0870. The summed E-state index contributed by atoms with van der Waals surface area (Å²) in [6.45, 7) is 7.59. The van der Waals surface area contributed by atoms with Gasteiger partial charge in [-0.15, -0.1) is 0 Å². The third-order valence-electron chi connectivity index (χ3n) is 8.14. The molecule has 0 radical (unpaired) electrons. The molecule has 4 fully saturated rings. The number of nitrogens with zero attached hydrogens (tertiary/aromatic N) is 1. The van der Waals surface area contributed by atoms with Crippen LogP contribution in [0, 0.1) is 29.6 Å². The summed E-state index contributed by atoms with van der Waals surface area (Å²) in [4.78, 5) is 53.7. The summed E-state index contributed by atoms with van der Waals surface area (Å²) < 4.78 is 5.70. The summed E-state index contributed by atoms with van der Waals surface area (Å²) in [5, 5.41) is 0. The number of Topliss-reactive ketones (excluding diaryl/α,β-unsaturated/α-hetero) is 3. The molecule has 6 nitrogen and oxygen atoms in total. The Hall–Kier alpha value is -1.72. The minimum absolute atomic E-state index is 0.00807. The van der Waals surface area contributed by atoms with E-state index >= 15 is 0 Å². The highest BCUT2D eigenvalue weighted by atomic mass is 16.6. The first-order chi connectivity index (χ1) is 14.6. The number of rotatable bonds is 1. The van der Waals surface area contributed by atoms with Crippen LogP contribution in [0.4, 0.5) is 4.79 Å². The lowest BCUT2D eigenvalue weighted by molar-refractivity contribution is -0.146. The number of ether oxygens (including phenoxy) is 1. The van der Waals surface area contributed by atoms with Crippen molar-refractivity contribution in [1.82, 2.24) is 4.90 Å². The summed E-state index contributed by atoms with van der Waals surface area (Å²) in [6, 6.07) is -0.203. The van der Waals surface area contributed by atoms with Crippen molar-refractivity contribution in [1.29, 1.82) is 0 Å². The molecule has 4 rings (SSSR count). The van der Waals surface area contributed by atoms with Crippen LogP contribution in [-0.2, 0) is 19.1 Å². The molecule has 172 valence electrons. The Balaban J connectivity index is 1.60. The highest BCUT2D eigenvalue weighted by Gasteiger charge is 2.53. The molecule has 4 aliphatic rings. The van der Waals surface area contributed by atoms with Gasteiger partial charge in [-0.05, 0) is 71.6 Å². The van der Waals surface area contributed by atoms with E-state index in [-0.39, 0.29) is 71.5 Å². The van der Waals surface area contributed by atoms with Crippen LogP contribution in [-0.4, -0.2) is 46.0 Å². The van der Waals surface area contributed by atoms with Gasteiger partial charge in [0.2, 0.25) is 0 Å². The third-order valence-corrected chi connectivity index (χ3v) is 8.14. The number of fused-ring (bicyclic) bond motifs is 2. The first-order valence-electron chi connectivity index (χ1n) is 12.2. The highest BCUT2D eigenvalue weighted by molar-refractivity contribution is 6.04. The molecule has 3 saturated carbocycles. The van der Waals surface area contributed by atoms with E-state index in [2.05, 4.69) is 0 Å². The van der Waals surface area contributed by atoms with E-state index in [9.17, 15) is 19.2 Å². The van der Waals surface area contributed by atoms with Gasteiger partial charge in [0.05, 0.1) is 6.42 Å². The fraction of sp³-hybridized carbons (Fsp3) is 0.840. The van der Waals surface area contributed by atoms with E-state index in [1.54, 1.807) is 4.90 Å². The zero-order chi connectivity index (χ0) is 22.5. The Morgan fingerprint density at radius 1 is 0.935 bits per heavy atom. The van der Waals surface area contributed by atoms with E-state index in [1.165, 1.54) is 0 Å². The van der Waals surface area contributed by atoms with Gasteiger partial charge in [0, 0.05) is 36.3 Å². The number of hydrogen-bond donors (Lipinski definition) is 0. The quantitative estimate of drug-likeness (QED) is 0.577. The summed E-state index contributed by atoms with van der Waals surface area (Å²) in [7, 11) is 0. The van der Waals surface area contributed by atoms with Crippen molar-refractivity contribution >= 4 is 23.4 Å². The first kappa shape index (κ1) is 22.5. The molecule has 1 aliphatic heterocycles. The third kappa shape index (κ3) is 4.31. The van der Waals surface area contributed by atoms with Gasteiger partial charge in [0.15, 0.2) is 0 Å². The van der Waals surface area contributed by atoms with Crippen LogP contribution < -0.4 is 0 Å². The smallest absolute Gasteiger partial charge is 0.410 e. The van der Waals surface area contributed by atoms with E-state index in [0.717, 1.165) is 38.5 Å². The van der Waals surface area contributed by atoms with E-state index in [0.29, 0.717) is 12.8 Å². The molecular formula is C25H37NO5. The van der Waals surface area contributed by atoms with Gasteiger partial charge in [0.1, 0.15) is 23.0 Å². The van der Waals surface area contributed by atoms with Crippen LogP contribution in [0.5, 0.6) is 0 Å². The normalized spacial score (nSPS) is 39.0. The number of carbonyl (C=O) groups is 4. The molecular weight excluding hydrogens is 394 g/mol. The molecule has 1 amide bonds. The number of likely N-dealkylation sites (tertiary alicyclic amines) is 1. The van der Waals surface area contributed by atoms with Crippen molar-refractivity contribution in [3.8, 4) is 0 Å². The van der Waals surface area contributed by atoms with Crippen LogP contribution in [0.3, 0.4) is 0 Å². The van der Waals surface area contributed by atoms with Crippen LogP contribution in [0.2, 0.25) is 0 Å². The number of piperidine rings is 1. The van der Waals surface area contributed by atoms with Gasteiger partial charge >= 0.3 is 6.09 Å². The van der Waals surface area contributed by atoms with Crippen molar-refractivity contribution in [3.63, 3.8) is 0 Å². The Morgan fingerprint density at radius 3 is 2.35 bits per heavy atom. The monoisotopic (exact) mass is 431 g/mol. The maximum atomic E-state index is 13.2. The average Bonchev–Trinajstić information content (AvgIpc) is 2.66. The molecule has 7 atom stereocenters. The van der Waals surface area contributed by atoms with Gasteiger partial charge < -0.3 is 9.64 Å². The molecule has 0 N–H and O–H groups in total. The number of hydrogen-bond acceptors (Lipinski definition) is 5. The Morgan fingerprint density at radius 2 is 1.65 bits per heavy atom. The Kier molecular flexibility index (Phi) is 6.04. The second-order valence-corrected chi connectivity index (χ2v) is 11.3. The van der Waals surface area contributed by atoms with Crippen LogP contribution >= 0.6 is 0 Å². The minimum atomic E-state index is -0.600. The zero-order valence-electron chi connectivity index (χ0n) is 19.4. The van der Waals surface area contributed by atoms with Gasteiger partial charge in [-0.25, -0.2) is 4.79 Å². The molecule has 0 spiro atoms. The zero-order valence-corrected chi connectivity index (χ0v) is 19.4. The average molecular weight is 432 g/mol. The number of ketones is 3. The SMILES string of the molecule is C[C@H]1CC[C@H]2C(=O)C[C@H]([C@@H]3C(=O)CC(=O)[C@@H]4CCCC[C@@H]34)C[C@H]2N1C(=O)OC(C)(C)C. The molecule has 0 aromatic carbocycles. The van der Waals surface area contributed by atoms with E-state index in [1.807, 2.05) is 27.7 Å².